The van der Waals surface area contributed by atoms with Crippen molar-refractivity contribution in [1.29, 1.82) is 0 Å². The van der Waals surface area contributed by atoms with Gasteiger partial charge in [0.05, 0.1) is 16.7 Å². The Hall–Kier alpha value is -6.51. The first kappa shape index (κ1) is 34.4. The lowest BCUT2D eigenvalue weighted by atomic mass is 9.99. The van der Waals surface area contributed by atoms with Gasteiger partial charge in [0.15, 0.2) is 5.75 Å². The van der Waals surface area contributed by atoms with Crippen molar-refractivity contribution in [1.82, 2.24) is 0 Å². The van der Waals surface area contributed by atoms with Gasteiger partial charge in [0.2, 0.25) is 0 Å². The minimum absolute atomic E-state index is 0.00907. The van der Waals surface area contributed by atoms with Gasteiger partial charge in [0.1, 0.15) is 12.4 Å². The van der Waals surface area contributed by atoms with E-state index < -0.39 is 17.9 Å². The van der Waals surface area contributed by atoms with Gasteiger partial charge in [0, 0.05) is 0 Å². The van der Waals surface area contributed by atoms with Crippen LogP contribution in [0.2, 0.25) is 0 Å². The normalized spacial score (nSPS) is 10.7. The van der Waals surface area contributed by atoms with Crippen LogP contribution in [0.15, 0.2) is 146 Å². The standard InChI is InChI=1S/C43H34O8/c44-41(45)38-21-15-33(24-29-7-3-1-4-8-29)26-35(38)28-49-51-37-19-13-32(14-20-37)23-31-11-17-36(18-12-31)50-43(48)40-27-34(16-22-39(40)42(46)47)25-30-9-5-2-6-10-30/h1-22,26-27H,23-25,28H2,(H,44,45)(H,46,47). The minimum atomic E-state index is -1.21. The van der Waals surface area contributed by atoms with E-state index in [1.54, 1.807) is 42.5 Å². The fourth-order valence-corrected chi connectivity index (χ4v) is 5.70. The zero-order valence-corrected chi connectivity index (χ0v) is 27.5. The van der Waals surface area contributed by atoms with Crippen LogP contribution in [-0.4, -0.2) is 28.1 Å². The number of esters is 1. The van der Waals surface area contributed by atoms with Gasteiger partial charge in [-0.2, -0.15) is 4.89 Å². The van der Waals surface area contributed by atoms with Crippen molar-refractivity contribution in [3.8, 4) is 11.5 Å². The van der Waals surface area contributed by atoms with Crippen molar-refractivity contribution in [2.75, 3.05) is 0 Å². The number of carboxylic acid groups (broad SMARTS) is 2. The zero-order chi connectivity index (χ0) is 35.6. The Labute approximate surface area is 295 Å². The van der Waals surface area contributed by atoms with E-state index in [4.69, 9.17) is 14.5 Å². The highest BCUT2D eigenvalue weighted by atomic mass is 17.2. The molecule has 0 saturated carbocycles. The molecule has 254 valence electrons. The Balaban J connectivity index is 1.03. The zero-order valence-electron chi connectivity index (χ0n) is 27.5. The number of ether oxygens (including phenoxy) is 1. The van der Waals surface area contributed by atoms with E-state index >= 15 is 0 Å². The van der Waals surface area contributed by atoms with Crippen molar-refractivity contribution in [2.24, 2.45) is 0 Å². The van der Waals surface area contributed by atoms with Gasteiger partial charge in [-0.15, -0.1) is 0 Å². The monoisotopic (exact) mass is 678 g/mol. The molecule has 0 spiro atoms. The molecule has 0 atom stereocenters. The first-order valence-corrected chi connectivity index (χ1v) is 16.3. The number of carboxylic acids is 2. The Morgan fingerprint density at radius 3 is 1.45 bits per heavy atom. The maximum absolute atomic E-state index is 13.1. The highest BCUT2D eigenvalue weighted by molar-refractivity contribution is 6.03. The Kier molecular flexibility index (Phi) is 11.0. The number of aromatic carboxylic acids is 2. The SMILES string of the molecule is O=C(O)c1ccc(Cc2ccccc2)cc1COOc1ccc(Cc2ccc(OC(=O)c3cc(Cc4ccccc4)ccc3C(=O)O)cc2)cc1. The van der Waals surface area contributed by atoms with E-state index in [0.717, 1.165) is 33.4 Å². The summed E-state index contributed by atoms with van der Waals surface area (Å²) < 4.78 is 5.58. The largest absolute Gasteiger partial charge is 0.478 e. The van der Waals surface area contributed by atoms with E-state index in [0.29, 0.717) is 36.3 Å². The molecule has 0 saturated heterocycles. The first-order valence-electron chi connectivity index (χ1n) is 16.3. The van der Waals surface area contributed by atoms with Gasteiger partial charge in [-0.25, -0.2) is 14.4 Å². The Bertz CT molecular complexity index is 2120. The van der Waals surface area contributed by atoms with Crippen LogP contribution in [0.25, 0.3) is 0 Å². The molecule has 6 aromatic carbocycles. The van der Waals surface area contributed by atoms with E-state index in [1.165, 1.54) is 6.07 Å². The van der Waals surface area contributed by atoms with Gasteiger partial charge < -0.3 is 19.8 Å². The number of carbonyl (C=O) groups is 3. The molecule has 6 rings (SSSR count). The summed E-state index contributed by atoms with van der Waals surface area (Å²) in [5.41, 5.74) is 6.43. The van der Waals surface area contributed by atoms with E-state index in [9.17, 15) is 24.6 Å². The smallest absolute Gasteiger partial charge is 0.344 e. The van der Waals surface area contributed by atoms with E-state index in [-0.39, 0.29) is 23.3 Å². The van der Waals surface area contributed by atoms with Crippen LogP contribution in [0.5, 0.6) is 11.5 Å². The van der Waals surface area contributed by atoms with Crippen molar-refractivity contribution < 1.29 is 39.1 Å². The van der Waals surface area contributed by atoms with Crippen LogP contribution in [0.4, 0.5) is 0 Å². The fraction of sp³-hybridized carbons (Fsp3) is 0.0930. The second kappa shape index (κ2) is 16.3. The van der Waals surface area contributed by atoms with Crippen LogP contribution in [-0.2, 0) is 30.8 Å². The number of rotatable bonds is 14. The lowest BCUT2D eigenvalue weighted by molar-refractivity contribution is -0.217. The van der Waals surface area contributed by atoms with Gasteiger partial charge in [0.25, 0.3) is 0 Å². The van der Waals surface area contributed by atoms with Crippen molar-refractivity contribution in [2.45, 2.75) is 25.9 Å². The molecule has 6 aromatic rings. The minimum Gasteiger partial charge on any atom is -0.478 e. The van der Waals surface area contributed by atoms with Crippen molar-refractivity contribution in [3.63, 3.8) is 0 Å². The summed E-state index contributed by atoms with van der Waals surface area (Å²) in [6.45, 7) is -0.0420. The predicted octanol–water partition coefficient (Wildman–Crippen LogP) is 8.59. The van der Waals surface area contributed by atoms with Gasteiger partial charge in [-0.3, -0.25) is 0 Å². The Morgan fingerprint density at radius 1 is 0.451 bits per heavy atom. The lowest BCUT2D eigenvalue weighted by Crippen LogP contribution is -2.15. The van der Waals surface area contributed by atoms with Crippen LogP contribution < -0.4 is 9.62 Å². The van der Waals surface area contributed by atoms with Gasteiger partial charge in [-0.05, 0) is 101 Å². The average molecular weight is 679 g/mol. The molecule has 0 radical (unpaired) electrons. The summed E-state index contributed by atoms with van der Waals surface area (Å²) in [6, 6.07) is 43.9. The average Bonchev–Trinajstić information content (AvgIpc) is 3.14. The molecular weight excluding hydrogens is 644 g/mol. The molecule has 8 nitrogen and oxygen atoms in total. The van der Waals surface area contributed by atoms with Crippen molar-refractivity contribution in [3.05, 3.63) is 201 Å². The molecule has 0 aromatic heterocycles. The number of hydrogen-bond donors (Lipinski definition) is 2. The van der Waals surface area contributed by atoms with Crippen LogP contribution in [0, 0.1) is 0 Å². The summed E-state index contributed by atoms with van der Waals surface area (Å²) in [6.07, 6.45) is 1.81. The molecule has 0 unspecified atom stereocenters. The quantitative estimate of drug-likeness (QED) is 0.0509. The summed E-state index contributed by atoms with van der Waals surface area (Å²) >= 11 is 0. The van der Waals surface area contributed by atoms with Gasteiger partial charge in [-0.1, -0.05) is 103 Å². The number of benzene rings is 6. The molecule has 51 heavy (non-hydrogen) atoms. The highest BCUT2D eigenvalue weighted by Crippen LogP contribution is 2.23. The predicted molar refractivity (Wildman–Crippen MR) is 191 cm³/mol. The maximum Gasteiger partial charge on any atom is 0.344 e. The third-order valence-corrected chi connectivity index (χ3v) is 8.27. The molecule has 0 aliphatic rings. The lowest BCUT2D eigenvalue weighted by Gasteiger charge is -2.11. The fourth-order valence-electron chi connectivity index (χ4n) is 5.70. The molecule has 0 fully saturated rings. The van der Waals surface area contributed by atoms with E-state index in [1.807, 2.05) is 97.1 Å². The molecule has 0 aliphatic carbocycles. The van der Waals surface area contributed by atoms with Crippen LogP contribution >= 0.6 is 0 Å². The molecule has 0 bridgehead atoms. The molecule has 8 heteroatoms. The summed E-state index contributed by atoms with van der Waals surface area (Å²) in [7, 11) is 0. The summed E-state index contributed by atoms with van der Waals surface area (Å²) in [4.78, 5) is 47.7. The van der Waals surface area contributed by atoms with E-state index in [2.05, 4.69) is 0 Å². The summed E-state index contributed by atoms with van der Waals surface area (Å²) in [5, 5.41) is 19.3. The number of hydrogen-bond acceptors (Lipinski definition) is 6. The second-order valence-corrected chi connectivity index (χ2v) is 12.0. The van der Waals surface area contributed by atoms with Crippen LogP contribution in [0.1, 0.15) is 70.0 Å². The third-order valence-electron chi connectivity index (χ3n) is 8.27. The van der Waals surface area contributed by atoms with Crippen LogP contribution in [0.3, 0.4) is 0 Å². The molecule has 0 heterocycles. The van der Waals surface area contributed by atoms with Gasteiger partial charge >= 0.3 is 17.9 Å². The number of carbonyl (C=O) groups excluding carboxylic acids is 1. The molecule has 2 N–H and O–H groups in total. The Morgan fingerprint density at radius 2 is 0.902 bits per heavy atom. The first-order chi connectivity index (χ1) is 24.8. The third kappa shape index (κ3) is 9.35. The summed E-state index contributed by atoms with van der Waals surface area (Å²) in [5.74, 6) is -2.22. The maximum atomic E-state index is 13.1. The highest BCUT2D eigenvalue weighted by Gasteiger charge is 2.20. The second-order valence-electron chi connectivity index (χ2n) is 12.0. The molecular formula is C43H34O8. The molecule has 0 amide bonds. The topological polar surface area (TPSA) is 119 Å². The van der Waals surface area contributed by atoms with Crippen molar-refractivity contribution >= 4 is 17.9 Å². The molecule has 0 aliphatic heterocycles.